The zero-order valence-corrected chi connectivity index (χ0v) is 14.4. The summed E-state index contributed by atoms with van der Waals surface area (Å²) in [5.41, 5.74) is -0.406. The van der Waals surface area contributed by atoms with E-state index >= 15 is 0 Å². The van der Waals surface area contributed by atoms with E-state index in [1.165, 1.54) is 0 Å². The number of rotatable bonds is 7. The SMILES string of the molecule is O=C(C[C@H](NC(=O)c1ccc(C(F)(F)F)cc1)C(=O)O)OCc1ccccc1. The van der Waals surface area contributed by atoms with Gasteiger partial charge in [-0.05, 0) is 29.8 Å². The number of benzene rings is 2. The normalized spacial score (nSPS) is 12.1. The van der Waals surface area contributed by atoms with Crippen LogP contribution in [0.5, 0.6) is 0 Å². The van der Waals surface area contributed by atoms with Gasteiger partial charge < -0.3 is 15.2 Å². The van der Waals surface area contributed by atoms with Crippen LogP contribution in [0.2, 0.25) is 0 Å². The molecule has 9 heteroatoms. The zero-order valence-electron chi connectivity index (χ0n) is 14.4. The summed E-state index contributed by atoms with van der Waals surface area (Å²) in [6, 6.07) is 10.4. The van der Waals surface area contributed by atoms with Crippen LogP contribution in [0, 0.1) is 0 Å². The number of carboxylic acids is 1. The molecule has 0 aliphatic carbocycles. The predicted octanol–water partition coefficient (Wildman–Crippen LogP) is 3.02. The molecule has 28 heavy (non-hydrogen) atoms. The molecule has 0 spiro atoms. The van der Waals surface area contributed by atoms with E-state index in [0.717, 1.165) is 12.1 Å². The fraction of sp³-hybridized carbons (Fsp3) is 0.211. The van der Waals surface area contributed by atoms with Gasteiger partial charge in [0.25, 0.3) is 5.91 Å². The molecule has 6 nitrogen and oxygen atoms in total. The van der Waals surface area contributed by atoms with E-state index in [4.69, 9.17) is 4.74 Å². The van der Waals surface area contributed by atoms with Crippen LogP contribution >= 0.6 is 0 Å². The van der Waals surface area contributed by atoms with Crippen molar-refractivity contribution in [1.82, 2.24) is 5.32 Å². The number of carboxylic acid groups (broad SMARTS) is 1. The summed E-state index contributed by atoms with van der Waals surface area (Å²) in [5.74, 6) is -3.24. The largest absolute Gasteiger partial charge is 0.480 e. The number of halogens is 3. The maximum Gasteiger partial charge on any atom is 0.416 e. The number of carbonyl (C=O) groups is 3. The van der Waals surface area contributed by atoms with Crippen LogP contribution in [0.25, 0.3) is 0 Å². The molecule has 148 valence electrons. The Kier molecular flexibility index (Phi) is 6.75. The number of aliphatic carboxylic acids is 1. The molecule has 0 heterocycles. The second-order valence-electron chi connectivity index (χ2n) is 5.79. The second-order valence-corrected chi connectivity index (χ2v) is 5.79. The van der Waals surface area contributed by atoms with Gasteiger partial charge in [0.15, 0.2) is 0 Å². The fourth-order valence-corrected chi connectivity index (χ4v) is 2.22. The van der Waals surface area contributed by atoms with Gasteiger partial charge in [-0.25, -0.2) is 4.79 Å². The van der Waals surface area contributed by atoms with Crippen molar-refractivity contribution in [2.45, 2.75) is 25.2 Å². The third kappa shape index (κ3) is 6.11. The Hall–Kier alpha value is -3.36. The van der Waals surface area contributed by atoms with Gasteiger partial charge in [-0.1, -0.05) is 30.3 Å². The summed E-state index contributed by atoms with van der Waals surface area (Å²) >= 11 is 0. The van der Waals surface area contributed by atoms with Crippen LogP contribution in [0.15, 0.2) is 54.6 Å². The van der Waals surface area contributed by atoms with Crippen molar-refractivity contribution in [1.29, 1.82) is 0 Å². The Balaban J connectivity index is 1.95. The fourth-order valence-electron chi connectivity index (χ4n) is 2.22. The van der Waals surface area contributed by atoms with Gasteiger partial charge in [-0.2, -0.15) is 13.2 Å². The minimum atomic E-state index is -4.55. The standard InChI is InChI=1S/C19H16F3NO5/c20-19(21,22)14-8-6-13(7-9-14)17(25)23-15(18(26)27)10-16(24)28-11-12-4-2-1-3-5-12/h1-9,15H,10-11H2,(H,23,25)(H,26,27)/t15-/m0/s1. The predicted molar refractivity (Wildman–Crippen MR) is 91.2 cm³/mol. The van der Waals surface area contributed by atoms with Crippen molar-refractivity contribution in [2.24, 2.45) is 0 Å². The first-order chi connectivity index (χ1) is 13.2. The molecule has 1 atom stereocenters. The van der Waals surface area contributed by atoms with Gasteiger partial charge in [0.05, 0.1) is 12.0 Å². The molecule has 0 bridgehead atoms. The molecule has 1 amide bonds. The lowest BCUT2D eigenvalue weighted by Crippen LogP contribution is -2.42. The van der Waals surface area contributed by atoms with E-state index < -0.39 is 42.0 Å². The Morgan fingerprint density at radius 3 is 2.14 bits per heavy atom. The number of carbonyl (C=O) groups excluding carboxylic acids is 2. The van der Waals surface area contributed by atoms with Crippen LogP contribution in [0.4, 0.5) is 13.2 Å². The van der Waals surface area contributed by atoms with E-state index in [9.17, 15) is 32.7 Å². The van der Waals surface area contributed by atoms with Crippen molar-refractivity contribution in [3.8, 4) is 0 Å². The van der Waals surface area contributed by atoms with Gasteiger partial charge >= 0.3 is 18.1 Å². The van der Waals surface area contributed by atoms with Crippen LogP contribution in [-0.4, -0.2) is 29.0 Å². The van der Waals surface area contributed by atoms with E-state index in [1.807, 2.05) is 0 Å². The van der Waals surface area contributed by atoms with Gasteiger partial charge in [0.1, 0.15) is 12.6 Å². The Bertz CT molecular complexity index is 835. The monoisotopic (exact) mass is 395 g/mol. The lowest BCUT2D eigenvalue weighted by molar-refractivity contribution is -0.150. The van der Waals surface area contributed by atoms with Crippen molar-refractivity contribution in [3.63, 3.8) is 0 Å². The number of hydrogen-bond donors (Lipinski definition) is 2. The van der Waals surface area contributed by atoms with Crippen LogP contribution in [-0.2, 0) is 27.1 Å². The molecule has 2 aromatic carbocycles. The molecule has 2 N–H and O–H groups in total. The van der Waals surface area contributed by atoms with Gasteiger partial charge in [-0.15, -0.1) is 0 Å². The molecule has 0 aromatic heterocycles. The first kappa shape index (κ1) is 20.9. The van der Waals surface area contributed by atoms with Crippen molar-refractivity contribution < 1.29 is 37.4 Å². The van der Waals surface area contributed by atoms with Crippen LogP contribution < -0.4 is 5.32 Å². The first-order valence-electron chi connectivity index (χ1n) is 8.07. The molecule has 0 aliphatic rings. The van der Waals surface area contributed by atoms with E-state index in [2.05, 4.69) is 5.32 Å². The molecule has 2 aromatic rings. The highest BCUT2D eigenvalue weighted by atomic mass is 19.4. The van der Waals surface area contributed by atoms with Gasteiger partial charge in [0, 0.05) is 5.56 Å². The summed E-state index contributed by atoms with van der Waals surface area (Å²) in [6.07, 6.45) is -5.18. The average Bonchev–Trinajstić information content (AvgIpc) is 2.66. The molecule has 0 radical (unpaired) electrons. The highest BCUT2D eigenvalue weighted by molar-refractivity contribution is 5.97. The Morgan fingerprint density at radius 2 is 1.61 bits per heavy atom. The minimum Gasteiger partial charge on any atom is -0.480 e. The first-order valence-corrected chi connectivity index (χ1v) is 8.07. The van der Waals surface area contributed by atoms with Gasteiger partial charge in [-0.3, -0.25) is 9.59 Å². The highest BCUT2D eigenvalue weighted by Gasteiger charge is 2.30. The third-order valence-corrected chi connectivity index (χ3v) is 3.69. The van der Waals surface area contributed by atoms with Crippen molar-refractivity contribution >= 4 is 17.8 Å². The number of ether oxygens (including phenoxy) is 1. The van der Waals surface area contributed by atoms with E-state index in [0.29, 0.717) is 17.7 Å². The highest BCUT2D eigenvalue weighted by Crippen LogP contribution is 2.29. The molecular formula is C19H16F3NO5. The number of amides is 1. The lowest BCUT2D eigenvalue weighted by atomic mass is 10.1. The van der Waals surface area contributed by atoms with E-state index in [-0.39, 0.29) is 12.2 Å². The maximum absolute atomic E-state index is 12.5. The Morgan fingerprint density at radius 1 is 1.00 bits per heavy atom. The average molecular weight is 395 g/mol. The molecule has 0 saturated heterocycles. The van der Waals surface area contributed by atoms with E-state index in [1.54, 1.807) is 30.3 Å². The summed E-state index contributed by atoms with van der Waals surface area (Å²) in [6.45, 7) is -0.0567. The van der Waals surface area contributed by atoms with Gasteiger partial charge in [0.2, 0.25) is 0 Å². The molecule has 0 unspecified atom stereocenters. The topological polar surface area (TPSA) is 92.7 Å². The summed E-state index contributed by atoms with van der Waals surface area (Å²) in [4.78, 5) is 35.2. The smallest absolute Gasteiger partial charge is 0.416 e. The molecule has 0 saturated carbocycles. The number of nitrogens with one attached hydrogen (secondary N) is 1. The van der Waals surface area contributed by atoms with Crippen molar-refractivity contribution in [2.75, 3.05) is 0 Å². The number of alkyl halides is 3. The minimum absolute atomic E-state index is 0.0567. The molecule has 0 fully saturated rings. The quantitative estimate of drug-likeness (QED) is 0.703. The molecule has 0 aliphatic heterocycles. The lowest BCUT2D eigenvalue weighted by Gasteiger charge is -2.14. The summed E-state index contributed by atoms with van der Waals surface area (Å²) in [7, 11) is 0. The second kappa shape index (κ2) is 9.03. The van der Waals surface area contributed by atoms with Crippen LogP contribution in [0.3, 0.4) is 0 Å². The number of hydrogen-bond acceptors (Lipinski definition) is 4. The summed E-state index contributed by atoms with van der Waals surface area (Å²) in [5, 5.41) is 11.3. The Labute approximate surface area is 157 Å². The number of esters is 1. The summed E-state index contributed by atoms with van der Waals surface area (Å²) < 4.78 is 42.6. The van der Waals surface area contributed by atoms with Crippen molar-refractivity contribution in [3.05, 3.63) is 71.3 Å². The molecular weight excluding hydrogens is 379 g/mol. The van der Waals surface area contributed by atoms with Crippen LogP contribution in [0.1, 0.15) is 27.9 Å². The zero-order chi connectivity index (χ0) is 20.7. The third-order valence-electron chi connectivity index (χ3n) is 3.69. The maximum atomic E-state index is 12.5. The molecule has 2 rings (SSSR count).